The maximum Gasteiger partial charge on any atom is 0.280 e. The number of anilines is 1. The highest BCUT2D eigenvalue weighted by Crippen LogP contribution is 2.55. The molecule has 0 spiro atoms. The van der Waals surface area contributed by atoms with E-state index in [2.05, 4.69) is 64.0 Å². The number of aromatic amines is 1. The van der Waals surface area contributed by atoms with Crippen LogP contribution in [0.3, 0.4) is 0 Å². The summed E-state index contributed by atoms with van der Waals surface area (Å²) in [6, 6.07) is 27.9. The van der Waals surface area contributed by atoms with E-state index in [0.29, 0.717) is 30.9 Å². The SMILES string of the molecule is COc1ccc(C(O[C@@H]2C[C@@H]3OCC[C@@]2(NC(=O)Cn2cnc4c(=O)[nH]c(NC(C)(C)C)nc42)[C@@H]3OP(OCCC#N)N(C(C)C)C(C)C)(c2ccccc2)c2ccc(OC)cc2)cc1. The molecule has 1 unspecified atom stereocenters. The number of carbonyl (C=O) groups is 1. The number of ether oxygens (including phenoxy) is 4. The molecule has 2 bridgehead atoms. The molecular weight excluding hydrogens is 848 g/mol. The molecule has 2 aliphatic rings. The highest BCUT2D eigenvalue weighted by Gasteiger charge is 2.63. The van der Waals surface area contributed by atoms with Gasteiger partial charge in [-0.15, -0.1) is 0 Å². The number of imidazole rings is 1. The Morgan fingerprint density at radius 1 is 0.985 bits per heavy atom. The Morgan fingerprint density at radius 2 is 1.60 bits per heavy atom. The molecule has 17 heteroatoms. The molecule has 5 atom stereocenters. The van der Waals surface area contributed by atoms with Gasteiger partial charge in [-0.2, -0.15) is 10.2 Å². The second-order valence-corrected chi connectivity index (χ2v) is 19.4. The summed E-state index contributed by atoms with van der Waals surface area (Å²) in [6.45, 7) is 14.4. The van der Waals surface area contributed by atoms with Crippen molar-refractivity contribution in [2.45, 2.75) is 121 Å². The van der Waals surface area contributed by atoms with E-state index in [0.717, 1.165) is 16.7 Å². The highest BCUT2D eigenvalue weighted by atomic mass is 31.2. The zero-order valence-electron chi connectivity index (χ0n) is 38.7. The lowest BCUT2D eigenvalue weighted by molar-refractivity contribution is -0.140. The summed E-state index contributed by atoms with van der Waals surface area (Å²) in [7, 11) is 1.47. The van der Waals surface area contributed by atoms with E-state index in [1.807, 2.05) is 99.6 Å². The van der Waals surface area contributed by atoms with Gasteiger partial charge in [0.15, 0.2) is 11.2 Å². The summed E-state index contributed by atoms with van der Waals surface area (Å²) in [5.41, 5.74) is -0.407. The van der Waals surface area contributed by atoms with E-state index in [4.69, 9.17) is 28.0 Å². The Morgan fingerprint density at radius 3 is 2.17 bits per heavy atom. The Hall–Kier alpha value is -5.40. The van der Waals surface area contributed by atoms with Crippen LogP contribution in [0, 0.1) is 11.3 Å². The summed E-state index contributed by atoms with van der Waals surface area (Å²) in [6.07, 6.45) is 0.294. The number of aromatic nitrogens is 4. The molecular formula is C48H61N8O8P. The topological polar surface area (TPSA) is 187 Å². The van der Waals surface area contributed by atoms with Crippen molar-refractivity contribution < 1.29 is 32.8 Å². The van der Waals surface area contributed by atoms with Gasteiger partial charge in [0.1, 0.15) is 29.7 Å². The van der Waals surface area contributed by atoms with E-state index in [9.17, 15) is 14.9 Å². The first-order chi connectivity index (χ1) is 31.1. The van der Waals surface area contributed by atoms with Crippen molar-refractivity contribution >= 4 is 31.5 Å². The van der Waals surface area contributed by atoms with Crippen LogP contribution in [0.15, 0.2) is 90.0 Å². The van der Waals surface area contributed by atoms with Gasteiger partial charge in [0.25, 0.3) is 14.1 Å². The van der Waals surface area contributed by atoms with Crippen LogP contribution in [0.1, 0.15) is 84.4 Å². The predicted molar refractivity (Wildman–Crippen MR) is 249 cm³/mol. The molecule has 1 saturated heterocycles. The van der Waals surface area contributed by atoms with Crippen molar-refractivity contribution in [2.75, 3.05) is 32.8 Å². The van der Waals surface area contributed by atoms with Crippen LogP contribution < -0.4 is 25.7 Å². The molecule has 0 radical (unpaired) electrons. The maximum absolute atomic E-state index is 14.9. The third-order valence-electron chi connectivity index (χ3n) is 11.7. The van der Waals surface area contributed by atoms with Gasteiger partial charge in [0.2, 0.25) is 11.9 Å². The van der Waals surface area contributed by atoms with Gasteiger partial charge in [-0.1, -0.05) is 54.6 Å². The van der Waals surface area contributed by atoms with Gasteiger partial charge < -0.3 is 43.2 Å². The Bertz CT molecular complexity index is 2430. The number of H-pyrrole nitrogens is 1. The lowest BCUT2D eigenvalue weighted by atomic mass is 9.78. The molecule has 1 aliphatic heterocycles. The molecule has 16 nitrogen and oxygen atoms in total. The number of hydrogen-bond acceptors (Lipinski definition) is 13. The molecule has 1 saturated carbocycles. The first kappa shape index (κ1) is 47.6. The van der Waals surface area contributed by atoms with Crippen LogP contribution in [0.25, 0.3) is 11.2 Å². The van der Waals surface area contributed by atoms with Crippen LogP contribution in [-0.4, -0.2) is 99.0 Å². The van der Waals surface area contributed by atoms with Crippen LogP contribution >= 0.6 is 8.53 Å². The summed E-state index contributed by atoms with van der Waals surface area (Å²) >= 11 is 0. The zero-order valence-corrected chi connectivity index (χ0v) is 39.6. The standard InChI is InChI=1S/C48H61N8O8P/c1-31(2)56(32(3)4)65(62-26-13-25-49)64-42-38-28-39(47(42,24-27-61-38)53-40(57)29-55-30-50-41-43(55)51-45(52-44(41)58)54-46(5,6)7)63-48(33-14-11-10-12-15-33,34-16-20-36(59-8)21-17-34)35-18-22-37(60-9)23-19-35/h10-12,14-23,30-32,38-39,42H,13,24,26-29H2,1-9H3,(H,53,57)(H2,51,52,54,58)/t38-,39+,42+,47-,65?/m0/s1. The molecule has 3 N–H and O–H groups in total. The highest BCUT2D eigenvalue weighted by molar-refractivity contribution is 7.44. The minimum absolute atomic E-state index is 0.0154. The van der Waals surface area contributed by atoms with Gasteiger partial charge >= 0.3 is 0 Å². The van der Waals surface area contributed by atoms with E-state index < -0.39 is 49.1 Å². The van der Waals surface area contributed by atoms with Gasteiger partial charge in [-0.3, -0.25) is 14.6 Å². The first-order valence-electron chi connectivity index (χ1n) is 22.1. The normalized spacial score (nSPS) is 20.3. The molecule has 346 valence electrons. The van der Waals surface area contributed by atoms with Gasteiger partial charge in [0, 0.05) is 30.7 Å². The minimum Gasteiger partial charge on any atom is -0.497 e. The summed E-state index contributed by atoms with van der Waals surface area (Å²) in [4.78, 5) is 39.9. The smallest absolute Gasteiger partial charge is 0.280 e. The average molecular weight is 909 g/mol. The molecule has 3 aromatic carbocycles. The van der Waals surface area contributed by atoms with Gasteiger partial charge in [-0.25, -0.2) is 9.65 Å². The van der Waals surface area contributed by atoms with Crippen molar-refractivity contribution in [2.24, 2.45) is 0 Å². The number of hydrogen-bond donors (Lipinski definition) is 3. The Labute approximate surface area is 381 Å². The molecule has 5 aromatic rings. The molecule has 2 aromatic heterocycles. The third kappa shape index (κ3) is 10.1. The van der Waals surface area contributed by atoms with E-state index in [-0.39, 0.29) is 54.7 Å². The van der Waals surface area contributed by atoms with E-state index >= 15 is 0 Å². The molecule has 3 heterocycles. The van der Waals surface area contributed by atoms with Crippen LogP contribution in [0.2, 0.25) is 0 Å². The molecule has 65 heavy (non-hydrogen) atoms. The van der Waals surface area contributed by atoms with Crippen molar-refractivity contribution in [3.8, 4) is 17.6 Å². The molecule has 1 amide bonds. The number of carbonyl (C=O) groups excluding carboxylic acids is 1. The predicted octanol–water partition coefficient (Wildman–Crippen LogP) is 7.43. The number of benzene rings is 3. The van der Waals surface area contributed by atoms with Crippen molar-refractivity contribution in [3.05, 3.63) is 112 Å². The van der Waals surface area contributed by atoms with Crippen molar-refractivity contribution in [1.82, 2.24) is 29.5 Å². The number of fused-ring (bicyclic) bond motifs is 3. The second kappa shape index (κ2) is 20.0. The summed E-state index contributed by atoms with van der Waals surface area (Å²) in [5.74, 6) is 1.25. The van der Waals surface area contributed by atoms with Gasteiger partial charge in [-0.05, 0) is 95.8 Å². The number of rotatable bonds is 19. The van der Waals surface area contributed by atoms with Crippen LogP contribution in [-0.2, 0) is 35.5 Å². The lowest BCUT2D eigenvalue weighted by Gasteiger charge is -2.48. The zero-order chi connectivity index (χ0) is 46.5. The molecule has 1 aliphatic carbocycles. The second-order valence-electron chi connectivity index (χ2n) is 18.0. The fourth-order valence-corrected chi connectivity index (χ4v) is 10.8. The number of nitrogens with zero attached hydrogens (tertiary/aromatic N) is 5. The Kier molecular flexibility index (Phi) is 14.6. The summed E-state index contributed by atoms with van der Waals surface area (Å²) in [5, 5.41) is 16.2. The monoisotopic (exact) mass is 908 g/mol. The average Bonchev–Trinajstić information content (AvgIpc) is 3.73. The number of nitrogens with one attached hydrogen (secondary N) is 3. The largest absolute Gasteiger partial charge is 0.497 e. The van der Waals surface area contributed by atoms with Crippen molar-refractivity contribution in [1.29, 1.82) is 5.26 Å². The van der Waals surface area contributed by atoms with E-state index in [1.165, 1.54) is 6.33 Å². The maximum atomic E-state index is 14.9. The van der Waals surface area contributed by atoms with Crippen LogP contribution in [0.5, 0.6) is 11.5 Å². The number of methoxy groups -OCH3 is 2. The summed E-state index contributed by atoms with van der Waals surface area (Å²) < 4.78 is 43.1. The van der Waals surface area contributed by atoms with E-state index in [1.54, 1.807) is 18.8 Å². The quantitative estimate of drug-likeness (QED) is 0.0422. The number of amides is 1. The van der Waals surface area contributed by atoms with Crippen molar-refractivity contribution in [3.63, 3.8) is 0 Å². The number of nitriles is 1. The molecule has 7 rings (SSSR count). The lowest BCUT2D eigenvalue weighted by Crippen LogP contribution is -2.65. The van der Waals surface area contributed by atoms with Gasteiger partial charge in [0.05, 0.1) is 57.4 Å². The Balaban J connectivity index is 1.37. The fourth-order valence-electron chi connectivity index (χ4n) is 9.00. The fraction of sp³-hybridized carbons (Fsp3) is 0.479. The molecule has 2 fully saturated rings. The first-order valence-corrected chi connectivity index (χ1v) is 23.2. The third-order valence-corrected chi connectivity index (χ3v) is 13.8. The minimum atomic E-state index is -1.79. The van der Waals surface area contributed by atoms with Crippen LogP contribution in [0.4, 0.5) is 5.95 Å².